The fraction of sp³-hybridized carbons (Fsp3) is 0.611. The molecule has 0 aliphatic rings. The molecule has 2 aromatic rings. The van der Waals surface area contributed by atoms with Crippen LogP contribution in [0.25, 0.3) is 0 Å². The molecule has 0 fully saturated rings. The predicted octanol–water partition coefficient (Wildman–Crippen LogP) is 2.20. The summed E-state index contributed by atoms with van der Waals surface area (Å²) >= 11 is 0. The average Bonchev–Trinajstić information content (AvgIpc) is 3.20. The Balaban J connectivity index is 2.39. The fourth-order valence-electron chi connectivity index (χ4n) is 3.10. The third kappa shape index (κ3) is 4.73. The van der Waals surface area contributed by atoms with Crippen LogP contribution >= 0.6 is 0 Å². The fourth-order valence-corrected chi connectivity index (χ4v) is 5.91. The molecule has 2 rings (SSSR count). The molecule has 0 saturated heterocycles. The molecule has 0 N–H and O–H groups in total. The minimum Gasteiger partial charge on any atom is -0.446 e. The lowest BCUT2D eigenvalue weighted by atomic mass is 10.4. The number of nitrogens with zero attached hydrogens (tertiary/aromatic N) is 4. The number of hydrogen-bond acceptors (Lipinski definition) is 6. The molecule has 9 nitrogen and oxygen atoms in total. The normalized spacial score (nSPS) is 13.0. The van der Waals surface area contributed by atoms with Crippen LogP contribution in [0.5, 0.6) is 0 Å². The second-order valence-corrected chi connectivity index (χ2v) is 11.0. The van der Waals surface area contributed by atoms with Gasteiger partial charge in [-0.1, -0.05) is 13.8 Å². The van der Waals surface area contributed by atoms with Crippen molar-refractivity contribution in [3.05, 3.63) is 29.3 Å². The Kier molecular flexibility index (Phi) is 7.31. The van der Waals surface area contributed by atoms with Gasteiger partial charge in [0, 0.05) is 27.2 Å². The summed E-state index contributed by atoms with van der Waals surface area (Å²) in [5.74, 6) is 0.374. The first-order valence-electron chi connectivity index (χ1n) is 9.52. The Labute approximate surface area is 173 Å². The molecular formula is C18H30N4O5S2. The molecule has 11 heteroatoms. The van der Waals surface area contributed by atoms with Gasteiger partial charge < -0.3 is 4.42 Å². The highest BCUT2D eigenvalue weighted by Crippen LogP contribution is 2.25. The summed E-state index contributed by atoms with van der Waals surface area (Å²) in [6.07, 6.45) is 1.45. The largest absolute Gasteiger partial charge is 0.446 e. The van der Waals surface area contributed by atoms with Crippen molar-refractivity contribution >= 4 is 20.0 Å². The molecule has 0 atom stereocenters. The zero-order valence-corrected chi connectivity index (χ0v) is 19.5. The van der Waals surface area contributed by atoms with Gasteiger partial charge in [0.05, 0.1) is 17.9 Å². The molecule has 0 aliphatic carbocycles. The lowest BCUT2D eigenvalue weighted by Crippen LogP contribution is -2.33. The van der Waals surface area contributed by atoms with Crippen LogP contribution in [0.3, 0.4) is 0 Å². The number of furan rings is 1. The van der Waals surface area contributed by atoms with Gasteiger partial charge in [-0.2, -0.15) is 9.40 Å². The van der Waals surface area contributed by atoms with Gasteiger partial charge in [0.25, 0.3) is 10.0 Å². The minimum atomic E-state index is -3.67. The van der Waals surface area contributed by atoms with Crippen molar-refractivity contribution < 1.29 is 21.3 Å². The van der Waals surface area contributed by atoms with Crippen LogP contribution in [-0.4, -0.2) is 62.4 Å². The van der Waals surface area contributed by atoms with Crippen molar-refractivity contribution in [1.82, 2.24) is 18.4 Å². The Morgan fingerprint density at radius 3 is 2.10 bits per heavy atom. The van der Waals surface area contributed by atoms with Gasteiger partial charge in [0.2, 0.25) is 15.1 Å². The highest BCUT2D eigenvalue weighted by molar-refractivity contribution is 7.89. The zero-order valence-electron chi connectivity index (χ0n) is 17.8. The maximum absolute atomic E-state index is 13.2. The van der Waals surface area contributed by atoms with Gasteiger partial charge >= 0.3 is 0 Å². The first kappa shape index (κ1) is 23.6. The van der Waals surface area contributed by atoms with E-state index in [1.54, 1.807) is 19.9 Å². The summed E-state index contributed by atoms with van der Waals surface area (Å²) in [7, 11) is -4.50. The molecule has 0 aromatic carbocycles. The summed E-state index contributed by atoms with van der Waals surface area (Å²) in [6, 6.07) is 2.94. The lowest BCUT2D eigenvalue weighted by molar-refractivity contribution is 0.386. The van der Waals surface area contributed by atoms with Gasteiger partial charge in [-0.05, 0) is 38.8 Å². The maximum Gasteiger partial charge on any atom is 0.275 e. The summed E-state index contributed by atoms with van der Waals surface area (Å²) in [6.45, 7) is 8.27. The molecule has 0 spiro atoms. The third-order valence-corrected chi connectivity index (χ3v) is 8.38. The van der Waals surface area contributed by atoms with Crippen LogP contribution in [-0.2, 0) is 26.6 Å². The molecular weight excluding hydrogens is 416 g/mol. The molecule has 0 amide bonds. The Bertz CT molecular complexity index is 1050. The monoisotopic (exact) mass is 446 g/mol. The Morgan fingerprint density at radius 2 is 1.59 bits per heavy atom. The van der Waals surface area contributed by atoms with Gasteiger partial charge in [0.1, 0.15) is 10.7 Å². The molecule has 2 aromatic heterocycles. The van der Waals surface area contributed by atoms with E-state index < -0.39 is 20.0 Å². The van der Waals surface area contributed by atoms with E-state index in [4.69, 9.17) is 4.42 Å². The van der Waals surface area contributed by atoms with Crippen LogP contribution in [0, 0.1) is 13.8 Å². The third-order valence-electron chi connectivity index (χ3n) is 4.54. The summed E-state index contributed by atoms with van der Waals surface area (Å²) in [5.41, 5.74) is 0.903. The van der Waals surface area contributed by atoms with Gasteiger partial charge in [-0.15, -0.1) is 0 Å². The lowest BCUT2D eigenvalue weighted by Gasteiger charge is -2.21. The first-order chi connectivity index (χ1) is 13.5. The Hall–Kier alpha value is -1.69. The predicted molar refractivity (Wildman–Crippen MR) is 110 cm³/mol. The molecule has 29 heavy (non-hydrogen) atoms. The number of aryl methyl sites for hydroxylation is 1. The van der Waals surface area contributed by atoms with Crippen LogP contribution in [0.2, 0.25) is 0 Å². The summed E-state index contributed by atoms with van der Waals surface area (Å²) < 4.78 is 60.3. The van der Waals surface area contributed by atoms with Crippen LogP contribution in [0.4, 0.5) is 0 Å². The van der Waals surface area contributed by atoms with Crippen molar-refractivity contribution in [1.29, 1.82) is 0 Å². The van der Waals surface area contributed by atoms with Crippen molar-refractivity contribution in [3.8, 4) is 0 Å². The molecule has 164 valence electrons. The average molecular weight is 447 g/mol. The first-order valence-corrected chi connectivity index (χ1v) is 12.4. The smallest absolute Gasteiger partial charge is 0.275 e. The van der Waals surface area contributed by atoms with E-state index in [9.17, 15) is 16.8 Å². The molecule has 0 saturated carbocycles. The van der Waals surface area contributed by atoms with E-state index in [-0.39, 0.29) is 16.5 Å². The van der Waals surface area contributed by atoms with E-state index in [0.29, 0.717) is 30.2 Å². The van der Waals surface area contributed by atoms with Gasteiger partial charge in [0.15, 0.2) is 0 Å². The summed E-state index contributed by atoms with van der Waals surface area (Å²) in [4.78, 5) is 0.201. The van der Waals surface area contributed by atoms with E-state index in [1.165, 1.54) is 29.1 Å². The van der Waals surface area contributed by atoms with E-state index in [0.717, 1.165) is 17.1 Å². The number of aromatic nitrogens is 2. The van der Waals surface area contributed by atoms with Gasteiger partial charge in [-0.3, -0.25) is 4.68 Å². The topological polar surface area (TPSA) is 106 Å². The SMILES string of the molecule is CCCN(CCC)S(=O)(=O)c1c(C)nn(Cc2ccc(S(=O)(=O)N(C)C)o2)c1C. The number of rotatable bonds is 10. The Morgan fingerprint density at radius 1 is 1.00 bits per heavy atom. The van der Waals surface area contributed by atoms with E-state index in [2.05, 4.69) is 5.10 Å². The summed E-state index contributed by atoms with van der Waals surface area (Å²) in [5, 5.41) is 4.21. The molecule has 0 unspecified atom stereocenters. The molecule has 2 heterocycles. The van der Waals surface area contributed by atoms with Crippen LogP contribution in [0.1, 0.15) is 43.8 Å². The maximum atomic E-state index is 13.2. The highest BCUT2D eigenvalue weighted by atomic mass is 32.2. The second kappa shape index (κ2) is 8.99. The zero-order chi connectivity index (χ0) is 22.0. The molecule has 0 radical (unpaired) electrons. The van der Waals surface area contributed by atoms with Crippen LogP contribution in [0.15, 0.2) is 26.5 Å². The second-order valence-electron chi connectivity index (χ2n) is 7.07. The van der Waals surface area contributed by atoms with E-state index in [1.807, 2.05) is 13.8 Å². The van der Waals surface area contributed by atoms with Gasteiger partial charge in [-0.25, -0.2) is 21.1 Å². The highest BCUT2D eigenvalue weighted by Gasteiger charge is 2.30. The molecule has 0 bridgehead atoms. The van der Waals surface area contributed by atoms with Crippen molar-refractivity contribution in [2.75, 3.05) is 27.2 Å². The van der Waals surface area contributed by atoms with Crippen LogP contribution < -0.4 is 0 Å². The quantitative estimate of drug-likeness (QED) is 0.554. The number of hydrogen-bond donors (Lipinski definition) is 0. The standard InChI is InChI=1S/C18H30N4O5S2/c1-7-11-21(12-8-2)29(25,26)18-14(3)19-22(15(18)4)13-16-9-10-17(27-16)28(23,24)20(5)6/h9-10H,7-8,11-13H2,1-6H3. The molecule has 0 aliphatic heterocycles. The van der Waals surface area contributed by atoms with Crippen molar-refractivity contribution in [2.24, 2.45) is 0 Å². The van der Waals surface area contributed by atoms with Crippen molar-refractivity contribution in [2.45, 2.75) is 57.1 Å². The van der Waals surface area contributed by atoms with Crippen molar-refractivity contribution in [3.63, 3.8) is 0 Å². The minimum absolute atomic E-state index is 0.132. The number of sulfonamides is 2. The van der Waals surface area contributed by atoms with E-state index >= 15 is 0 Å².